The van der Waals surface area contributed by atoms with Crippen molar-refractivity contribution in [2.24, 2.45) is 0 Å². The highest BCUT2D eigenvalue weighted by Gasteiger charge is 1.69. The smallest absolute Gasteiger partial charge is 0.0148 e. The van der Waals surface area contributed by atoms with Gasteiger partial charge in [-0.2, -0.15) is 0 Å². The summed E-state index contributed by atoms with van der Waals surface area (Å²) in [7, 11) is -2.28. The van der Waals surface area contributed by atoms with Gasteiger partial charge in [0.1, 0.15) is 0 Å². The van der Waals surface area contributed by atoms with E-state index in [1.807, 2.05) is 13.8 Å². The van der Waals surface area contributed by atoms with Gasteiger partial charge >= 0.3 is 0 Å². The Morgan fingerprint density at radius 1 is 1.23 bits per heavy atom. The van der Waals surface area contributed by atoms with E-state index in [1.165, 1.54) is 5.57 Å². The van der Waals surface area contributed by atoms with Gasteiger partial charge < -0.3 is 0 Å². The Balaban J connectivity index is -0.000000117. The molecule has 4 heteroatoms. The van der Waals surface area contributed by atoms with Gasteiger partial charge in [-0.3, -0.25) is 8.42 Å². The average molecular weight is 226 g/mol. The molecule has 0 N–H and O–H groups in total. The zero-order valence-electron chi connectivity index (χ0n) is 9.55. The molecule has 0 amide bonds. The van der Waals surface area contributed by atoms with Crippen LogP contribution in [0.2, 0.25) is 0 Å². The van der Waals surface area contributed by atoms with Gasteiger partial charge in [0.05, 0.1) is 0 Å². The first-order chi connectivity index (χ1) is 5.46. The van der Waals surface area contributed by atoms with Gasteiger partial charge in [0, 0.05) is 35.8 Å². The Kier molecular flexibility index (Phi) is 14.3. The van der Waals surface area contributed by atoms with Crippen LogP contribution in [0.15, 0.2) is 12.2 Å². The van der Waals surface area contributed by atoms with E-state index in [2.05, 4.69) is 12.4 Å². The van der Waals surface area contributed by atoms with Crippen LogP contribution in [0.5, 0.6) is 0 Å². The second kappa shape index (κ2) is 9.99. The number of hydrogen-bond acceptors (Lipinski definition) is 2. The predicted molar refractivity (Wildman–Crippen MR) is 67.6 cm³/mol. The third-order valence-electron chi connectivity index (χ3n) is 0. The maximum Gasteiger partial charge on any atom is 0.0148 e. The molecule has 0 saturated carbocycles. The molecule has 0 radical (unpaired) electrons. The van der Waals surface area contributed by atoms with Crippen molar-refractivity contribution in [3.05, 3.63) is 12.2 Å². The lowest BCUT2D eigenvalue weighted by atomic mass is 10.4. The van der Waals surface area contributed by atoms with Crippen LogP contribution in [-0.2, 0) is 20.3 Å². The predicted octanol–water partition coefficient (Wildman–Crippen LogP) is 1.54. The molecule has 0 aromatic carbocycles. The van der Waals surface area contributed by atoms with Crippen molar-refractivity contribution in [2.75, 3.05) is 25.0 Å². The summed E-state index contributed by atoms with van der Waals surface area (Å²) in [6.07, 6.45) is 6.49. The first-order valence-corrected chi connectivity index (χ1v) is 8.12. The molecule has 13 heavy (non-hydrogen) atoms. The quantitative estimate of drug-likeness (QED) is 0.464. The van der Waals surface area contributed by atoms with Gasteiger partial charge in [0.25, 0.3) is 0 Å². The lowest BCUT2D eigenvalue weighted by molar-refractivity contribution is 0.688. The molecule has 0 saturated heterocycles. The SMILES string of the molecule is C=C(C)C.C=S(C)(C)=O.CS(C)=O. The van der Waals surface area contributed by atoms with Gasteiger partial charge in [-0.25, -0.2) is 0 Å². The van der Waals surface area contributed by atoms with Gasteiger partial charge in [-0.05, 0) is 29.2 Å². The molecule has 82 valence electrons. The van der Waals surface area contributed by atoms with E-state index in [0.717, 1.165) is 0 Å². The molecule has 2 nitrogen and oxygen atoms in total. The van der Waals surface area contributed by atoms with Crippen LogP contribution in [0, 0.1) is 0 Å². The topological polar surface area (TPSA) is 34.1 Å². The van der Waals surface area contributed by atoms with Crippen molar-refractivity contribution in [2.45, 2.75) is 13.8 Å². The highest BCUT2D eigenvalue weighted by Crippen LogP contribution is 1.73. The fourth-order valence-electron chi connectivity index (χ4n) is 0. The second-order valence-electron chi connectivity index (χ2n) is 3.39. The summed E-state index contributed by atoms with van der Waals surface area (Å²) in [4.78, 5) is 0. The summed E-state index contributed by atoms with van der Waals surface area (Å²) in [5.41, 5.74) is 1.17. The van der Waals surface area contributed by atoms with Gasteiger partial charge in [0.15, 0.2) is 0 Å². The first kappa shape index (κ1) is 18.6. The highest BCUT2D eigenvalue weighted by atomic mass is 32.2. The van der Waals surface area contributed by atoms with Crippen LogP contribution in [-0.4, -0.2) is 39.3 Å². The highest BCUT2D eigenvalue weighted by molar-refractivity contribution is 7.98. The van der Waals surface area contributed by atoms with E-state index in [-0.39, 0.29) is 0 Å². The van der Waals surface area contributed by atoms with Crippen LogP contribution >= 0.6 is 0 Å². The molecule has 0 unspecified atom stereocenters. The van der Waals surface area contributed by atoms with Crippen molar-refractivity contribution in [1.82, 2.24) is 0 Å². The molecule has 0 fully saturated rings. The average Bonchev–Trinajstić information content (AvgIpc) is 1.50. The molecule has 0 aliphatic heterocycles. The molecule has 0 aliphatic carbocycles. The molecule has 0 aliphatic rings. The Bertz CT molecular complexity index is 210. The minimum Gasteiger partial charge on any atom is -0.269 e. The summed E-state index contributed by atoms with van der Waals surface area (Å²) in [6, 6.07) is 0. The van der Waals surface area contributed by atoms with Crippen molar-refractivity contribution < 1.29 is 8.42 Å². The third-order valence-corrected chi connectivity index (χ3v) is 0. The van der Waals surface area contributed by atoms with Crippen molar-refractivity contribution in [1.29, 1.82) is 0 Å². The fourth-order valence-corrected chi connectivity index (χ4v) is 0. The summed E-state index contributed by atoms with van der Waals surface area (Å²) < 4.78 is 19.6. The van der Waals surface area contributed by atoms with Crippen molar-refractivity contribution >= 4 is 26.2 Å². The van der Waals surface area contributed by atoms with Crippen LogP contribution < -0.4 is 0 Å². The summed E-state index contributed by atoms with van der Waals surface area (Å²) in [6.45, 7) is 7.50. The molecule has 0 aromatic heterocycles. The van der Waals surface area contributed by atoms with Gasteiger partial charge in [0.2, 0.25) is 0 Å². The standard InChI is InChI=1S/C4H8.C3H8OS.C2H6OS/c1-4(2)3;1-5(2,3)4;1-4(2)3/h1H2,2-3H3;1H2,2-3H3;1-2H3. The Morgan fingerprint density at radius 3 is 1.23 bits per heavy atom. The number of rotatable bonds is 0. The van der Waals surface area contributed by atoms with Crippen LogP contribution in [0.1, 0.15) is 13.8 Å². The third kappa shape index (κ3) is 144000. The lowest BCUT2D eigenvalue weighted by Gasteiger charge is -1.78. The molecular weight excluding hydrogens is 204 g/mol. The maximum absolute atomic E-state index is 10.1. The monoisotopic (exact) mass is 226 g/mol. The Labute approximate surface area is 85.9 Å². The number of allylic oxidation sites excluding steroid dienone is 1. The summed E-state index contributed by atoms with van der Waals surface area (Å²) in [5, 5.41) is 0. The molecule has 0 rings (SSSR count). The normalized spacial score (nSPS) is 9.15. The van der Waals surface area contributed by atoms with Gasteiger partial charge in [-0.15, -0.1) is 6.58 Å². The van der Waals surface area contributed by atoms with E-state index >= 15 is 0 Å². The zero-order valence-corrected chi connectivity index (χ0v) is 11.2. The zero-order chi connectivity index (χ0) is 11.7. The minimum atomic E-state index is -1.67. The minimum absolute atomic E-state index is 0.611. The van der Waals surface area contributed by atoms with Crippen LogP contribution in [0.4, 0.5) is 0 Å². The molecule has 0 atom stereocenters. The number of hydrogen-bond donors (Lipinski definition) is 0. The summed E-state index contributed by atoms with van der Waals surface area (Å²) in [5.74, 6) is 3.30. The van der Waals surface area contributed by atoms with E-state index in [4.69, 9.17) is 0 Å². The molecule has 0 heterocycles. The van der Waals surface area contributed by atoms with Gasteiger partial charge in [-0.1, -0.05) is 5.57 Å². The summed E-state index contributed by atoms with van der Waals surface area (Å²) >= 11 is 0. The van der Waals surface area contributed by atoms with Crippen molar-refractivity contribution in [3.8, 4) is 0 Å². The van der Waals surface area contributed by atoms with Crippen LogP contribution in [0.25, 0.3) is 0 Å². The van der Waals surface area contributed by atoms with Crippen LogP contribution in [0.3, 0.4) is 0 Å². The lowest BCUT2D eigenvalue weighted by Crippen LogP contribution is -1.86. The molecule has 0 spiro atoms. The Morgan fingerprint density at radius 2 is 1.23 bits per heavy atom. The molecule has 0 aromatic rings. The fraction of sp³-hybridized carbons (Fsp3) is 0.667. The second-order valence-corrected chi connectivity index (χ2v) is 7.74. The molecule has 0 bridgehead atoms. The molecular formula is C9H22O2S2. The maximum atomic E-state index is 10.1. The van der Waals surface area contributed by atoms with E-state index < -0.39 is 20.3 Å². The van der Waals surface area contributed by atoms with E-state index in [9.17, 15) is 8.42 Å². The Hall–Kier alpha value is -0.0900. The van der Waals surface area contributed by atoms with Crippen molar-refractivity contribution in [3.63, 3.8) is 0 Å². The van der Waals surface area contributed by atoms with E-state index in [1.54, 1.807) is 25.0 Å². The first-order valence-electron chi connectivity index (χ1n) is 3.61. The van der Waals surface area contributed by atoms with E-state index in [0.29, 0.717) is 0 Å². The largest absolute Gasteiger partial charge is 0.269 e.